The second kappa shape index (κ2) is 11.5. The van der Waals surface area contributed by atoms with Gasteiger partial charge in [0.25, 0.3) is 0 Å². The molecule has 3 rings (SSSR count). The van der Waals surface area contributed by atoms with Crippen molar-refractivity contribution in [3.63, 3.8) is 0 Å². The molecule has 0 bridgehead atoms. The second-order valence-electron chi connectivity index (χ2n) is 6.30. The predicted octanol–water partition coefficient (Wildman–Crippen LogP) is 4.45. The Hall–Kier alpha value is -1.52. The fraction of sp³-hybridized carbons (Fsp3) is 0.350. The average Bonchev–Trinajstić information content (AvgIpc) is 3.30. The van der Waals surface area contributed by atoms with Crippen LogP contribution in [0.1, 0.15) is 21.1 Å². The Morgan fingerprint density at radius 3 is 2.43 bits per heavy atom. The molecule has 2 N–H and O–H groups in total. The standard InChI is InChI=1S/C20H25N5S2.HI/c1-14-4-6-16(7-5-14)19-25-17(13-26-19)8-10-22-20(21-3)23-11-9-18-24-12-15(2)27-18;/h4-7,12-13H,8-11H2,1-3H3,(H2,21,22,23);1H. The number of aliphatic imine (C=N–C) groups is 1. The normalized spacial score (nSPS) is 11.2. The molecule has 1 aromatic carbocycles. The molecule has 0 radical (unpaired) electrons. The number of aryl methyl sites for hydroxylation is 2. The van der Waals surface area contributed by atoms with E-state index >= 15 is 0 Å². The first-order valence-electron chi connectivity index (χ1n) is 9.01. The maximum Gasteiger partial charge on any atom is 0.191 e. The summed E-state index contributed by atoms with van der Waals surface area (Å²) in [4.78, 5) is 14.7. The van der Waals surface area contributed by atoms with E-state index in [4.69, 9.17) is 4.98 Å². The van der Waals surface area contributed by atoms with Crippen LogP contribution in [0.15, 0.2) is 40.8 Å². The molecule has 3 aromatic rings. The summed E-state index contributed by atoms with van der Waals surface area (Å²) in [5.41, 5.74) is 3.56. The highest BCUT2D eigenvalue weighted by molar-refractivity contribution is 14.0. The van der Waals surface area contributed by atoms with Crippen molar-refractivity contribution in [2.24, 2.45) is 4.99 Å². The highest BCUT2D eigenvalue weighted by Crippen LogP contribution is 2.24. The van der Waals surface area contributed by atoms with Crippen molar-refractivity contribution in [2.45, 2.75) is 26.7 Å². The SMILES string of the molecule is CN=C(NCCc1csc(-c2ccc(C)cc2)n1)NCCc1ncc(C)s1.I. The molecular weight excluding hydrogens is 501 g/mol. The Labute approximate surface area is 191 Å². The molecule has 0 aliphatic heterocycles. The summed E-state index contributed by atoms with van der Waals surface area (Å²) in [6, 6.07) is 8.51. The van der Waals surface area contributed by atoms with Crippen molar-refractivity contribution in [1.82, 2.24) is 20.6 Å². The predicted molar refractivity (Wildman–Crippen MR) is 131 cm³/mol. The number of rotatable bonds is 7. The van der Waals surface area contributed by atoms with Gasteiger partial charge in [0.2, 0.25) is 0 Å². The zero-order valence-electron chi connectivity index (χ0n) is 16.4. The van der Waals surface area contributed by atoms with Crippen molar-refractivity contribution < 1.29 is 0 Å². The molecule has 0 saturated carbocycles. The third-order valence-electron chi connectivity index (χ3n) is 4.05. The molecule has 28 heavy (non-hydrogen) atoms. The average molecular weight is 528 g/mol. The van der Waals surface area contributed by atoms with Gasteiger partial charge in [-0.25, -0.2) is 9.97 Å². The maximum absolute atomic E-state index is 4.75. The lowest BCUT2D eigenvalue weighted by atomic mass is 10.2. The molecule has 2 heterocycles. The lowest BCUT2D eigenvalue weighted by molar-refractivity contribution is 0.776. The molecule has 0 fully saturated rings. The fourth-order valence-electron chi connectivity index (χ4n) is 2.58. The zero-order valence-corrected chi connectivity index (χ0v) is 20.3. The molecule has 0 amide bonds. The van der Waals surface area contributed by atoms with E-state index in [2.05, 4.69) is 64.1 Å². The van der Waals surface area contributed by atoms with Crippen LogP contribution in [-0.2, 0) is 12.8 Å². The quantitative estimate of drug-likeness (QED) is 0.271. The summed E-state index contributed by atoms with van der Waals surface area (Å²) in [5.74, 6) is 0.817. The van der Waals surface area contributed by atoms with Crippen LogP contribution >= 0.6 is 46.7 Å². The lowest BCUT2D eigenvalue weighted by Crippen LogP contribution is -2.39. The third-order valence-corrected chi connectivity index (χ3v) is 5.96. The molecule has 0 aliphatic carbocycles. The summed E-state index contributed by atoms with van der Waals surface area (Å²) in [6.45, 7) is 5.80. The molecule has 2 aromatic heterocycles. The van der Waals surface area contributed by atoms with Crippen LogP contribution in [0.5, 0.6) is 0 Å². The van der Waals surface area contributed by atoms with Gasteiger partial charge in [-0.15, -0.1) is 46.7 Å². The van der Waals surface area contributed by atoms with Gasteiger partial charge < -0.3 is 10.6 Å². The minimum Gasteiger partial charge on any atom is -0.356 e. The maximum atomic E-state index is 4.75. The van der Waals surface area contributed by atoms with Crippen LogP contribution in [0.4, 0.5) is 0 Å². The largest absolute Gasteiger partial charge is 0.356 e. The lowest BCUT2D eigenvalue weighted by Gasteiger charge is -2.10. The smallest absolute Gasteiger partial charge is 0.191 e. The van der Waals surface area contributed by atoms with E-state index < -0.39 is 0 Å². The van der Waals surface area contributed by atoms with Crippen LogP contribution < -0.4 is 10.6 Å². The molecule has 0 unspecified atom stereocenters. The van der Waals surface area contributed by atoms with Gasteiger partial charge in [-0.1, -0.05) is 29.8 Å². The van der Waals surface area contributed by atoms with Gasteiger partial charge in [0.05, 0.1) is 10.7 Å². The summed E-state index contributed by atoms with van der Waals surface area (Å²) in [5, 5.41) is 11.1. The Morgan fingerprint density at radius 1 is 1.07 bits per heavy atom. The molecule has 0 spiro atoms. The van der Waals surface area contributed by atoms with Gasteiger partial charge >= 0.3 is 0 Å². The number of nitrogens with zero attached hydrogens (tertiary/aromatic N) is 3. The molecule has 0 atom stereocenters. The van der Waals surface area contributed by atoms with E-state index in [9.17, 15) is 0 Å². The van der Waals surface area contributed by atoms with Gasteiger partial charge in [-0.3, -0.25) is 4.99 Å². The van der Waals surface area contributed by atoms with E-state index in [0.29, 0.717) is 0 Å². The molecule has 8 heteroatoms. The van der Waals surface area contributed by atoms with E-state index in [-0.39, 0.29) is 24.0 Å². The summed E-state index contributed by atoms with van der Waals surface area (Å²) >= 11 is 3.44. The topological polar surface area (TPSA) is 62.2 Å². The number of halogens is 1. The minimum atomic E-state index is 0. The Balaban J connectivity index is 0.00000280. The summed E-state index contributed by atoms with van der Waals surface area (Å²) < 4.78 is 0. The van der Waals surface area contributed by atoms with Crippen LogP contribution in [0.3, 0.4) is 0 Å². The molecule has 150 valence electrons. The first-order valence-corrected chi connectivity index (χ1v) is 10.7. The molecule has 0 saturated heterocycles. The van der Waals surface area contributed by atoms with E-state index in [1.807, 2.05) is 6.20 Å². The van der Waals surface area contributed by atoms with Crippen LogP contribution in [0, 0.1) is 13.8 Å². The first kappa shape index (κ1) is 22.8. The van der Waals surface area contributed by atoms with Gasteiger partial charge in [0.15, 0.2) is 5.96 Å². The summed E-state index contributed by atoms with van der Waals surface area (Å²) in [7, 11) is 1.79. The van der Waals surface area contributed by atoms with Crippen molar-refractivity contribution in [3.05, 3.63) is 57.0 Å². The molecular formula is C20H26IN5S2. The van der Waals surface area contributed by atoms with E-state index in [1.54, 1.807) is 29.7 Å². The highest BCUT2D eigenvalue weighted by Gasteiger charge is 2.05. The first-order chi connectivity index (χ1) is 13.1. The second-order valence-corrected chi connectivity index (χ2v) is 8.48. The van der Waals surface area contributed by atoms with Crippen molar-refractivity contribution in [3.8, 4) is 10.6 Å². The number of hydrogen-bond donors (Lipinski definition) is 2. The Kier molecular flexibility index (Phi) is 9.33. The Bertz CT molecular complexity index is 886. The monoisotopic (exact) mass is 527 g/mol. The zero-order chi connectivity index (χ0) is 19.1. The van der Waals surface area contributed by atoms with Crippen molar-refractivity contribution >= 4 is 52.6 Å². The molecule has 5 nitrogen and oxygen atoms in total. The van der Waals surface area contributed by atoms with Crippen LogP contribution in [-0.4, -0.2) is 36.1 Å². The number of hydrogen-bond acceptors (Lipinski definition) is 5. The van der Waals surface area contributed by atoms with Gasteiger partial charge in [0.1, 0.15) is 5.01 Å². The van der Waals surface area contributed by atoms with Gasteiger partial charge in [0, 0.05) is 55.0 Å². The van der Waals surface area contributed by atoms with E-state index in [1.165, 1.54) is 16.0 Å². The van der Waals surface area contributed by atoms with Crippen LogP contribution in [0.2, 0.25) is 0 Å². The van der Waals surface area contributed by atoms with E-state index in [0.717, 1.165) is 47.6 Å². The van der Waals surface area contributed by atoms with Crippen molar-refractivity contribution in [2.75, 3.05) is 20.1 Å². The van der Waals surface area contributed by atoms with Crippen molar-refractivity contribution in [1.29, 1.82) is 0 Å². The number of guanidine groups is 1. The number of benzene rings is 1. The number of aromatic nitrogens is 2. The minimum absolute atomic E-state index is 0. The third kappa shape index (κ3) is 6.82. The van der Waals surface area contributed by atoms with Gasteiger partial charge in [-0.2, -0.15) is 0 Å². The van der Waals surface area contributed by atoms with Gasteiger partial charge in [-0.05, 0) is 13.8 Å². The number of nitrogens with one attached hydrogen (secondary N) is 2. The molecule has 0 aliphatic rings. The highest BCUT2D eigenvalue weighted by atomic mass is 127. The number of thiazole rings is 2. The Morgan fingerprint density at radius 2 is 1.79 bits per heavy atom. The summed E-state index contributed by atoms with van der Waals surface area (Å²) in [6.07, 6.45) is 3.70. The van der Waals surface area contributed by atoms with Crippen LogP contribution in [0.25, 0.3) is 10.6 Å². The fourth-order valence-corrected chi connectivity index (χ4v) is 4.23.